The Morgan fingerprint density at radius 2 is 1.83 bits per heavy atom. The summed E-state index contributed by atoms with van der Waals surface area (Å²) >= 11 is 0. The molecular weight excluding hydrogens is 162 g/mol. The van der Waals surface area contributed by atoms with Crippen molar-refractivity contribution in [2.75, 3.05) is 0 Å². The first-order valence-corrected chi connectivity index (χ1v) is 4.09. The van der Waals surface area contributed by atoms with Crippen LogP contribution in [0, 0.1) is 0 Å². The monoisotopic (exact) mass is 175 g/mol. The Labute approximate surface area is 69.6 Å². The van der Waals surface area contributed by atoms with Crippen LogP contribution in [0.15, 0.2) is 0 Å². The topological polar surface area (TPSA) is 93.0 Å². The molecule has 5 heteroatoms. The Balaban J connectivity index is 2.25. The van der Waals surface area contributed by atoms with E-state index in [2.05, 4.69) is 5.32 Å². The largest absolute Gasteiger partial charge is 0.389 e. The summed E-state index contributed by atoms with van der Waals surface area (Å²) in [7, 11) is 0. The average molecular weight is 175 g/mol. The van der Waals surface area contributed by atoms with E-state index >= 15 is 0 Å². The van der Waals surface area contributed by atoms with Gasteiger partial charge in [-0.15, -0.1) is 0 Å². The Morgan fingerprint density at radius 1 is 1.17 bits per heavy atom. The summed E-state index contributed by atoms with van der Waals surface area (Å²) < 4.78 is 0. The van der Waals surface area contributed by atoms with E-state index in [-0.39, 0.29) is 6.04 Å². The molecule has 0 amide bonds. The van der Waals surface area contributed by atoms with Gasteiger partial charge in [-0.3, -0.25) is 5.32 Å². The number of hydrogen-bond donors (Lipinski definition) is 5. The zero-order valence-corrected chi connectivity index (χ0v) is 6.51. The molecule has 0 spiro atoms. The van der Waals surface area contributed by atoms with E-state index in [1.807, 2.05) is 0 Å². The molecule has 2 fully saturated rings. The highest BCUT2D eigenvalue weighted by molar-refractivity contribution is 5.07. The SMILES string of the molecule is O[C@@H]1[C@@H](O)C2CC[C@@](O)(N2)[C@H]1O. The standard InChI is InChI=1S/C7H13NO4/c9-4-3-1-2-7(12,8-3)6(11)5(4)10/h3-6,8-12H,1-2H2/t3?,4-,5+,6-,7-/m0/s1. The van der Waals surface area contributed by atoms with Gasteiger partial charge in [0.2, 0.25) is 0 Å². The van der Waals surface area contributed by atoms with E-state index in [9.17, 15) is 20.4 Å². The molecule has 2 rings (SSSR count). The molecule has 0 saturated carbocycles. The van der Waals surface area contributed by atoms with Gasteiger partial charge in [0.05, 0.1) is 6.10 Å². The fourth-order valence-electron chi connectivity index (χ4n) is 2.04. The molecule has 2 bridgehead atoms. The number of fused-ring (bicyclic) bond motifs is 2. The van der Waals surface area contributed by atoms with Crippen molar-refractivity contribution < 1.29 is 20.4 Å². The van der Waals surface area contributed by atoms with E-state index in [0.717, 1.165) is 0 Å². The number of hydrogen-bond acceptors (Lipinski definition) is 5. The van der Waals surface area contributed by atoms with Crippen molar-refractivity contribution in [2.45, 2.75) is 42.9 Å². The maximum atomic E-state index is 9.65. The summed E-state index contributed by atoms with van der Waals surface area (Å²) in [6.45, 7) is 0. The highest BCUT2D eigenvalue weighted by atomic mass is 16.4. The molecule has 5 N–H and O–H groups in total. The summed E-state index contributed by atoms with van der Waals surface area (Å²) in [5.74, 6) is 0. The summed E-state index contributed by atoms with van der Waals surface area (Å²) in [5, 5.41) is 40.4. The second kappa shape index (κ2) is 2.40. The molecule has 0 aromatic heterocycles. The number of piperidine rings is 1. The summed E-state index contributed by atoms with van der Waals surface area (Å²) in [6.07, 6.45) is -2.59. The molecule has 1 unspecified atom stereocenters. The molecule has 2 aliphatic heterocycles. The molecule has 0 aromatic rings. The molecule has 0 aliphatic carbocycles. The predicted molar refractivity (Wildman–Crippen MR) is 39.1 cm³/mol. The second-order valence-corrected chi connectivity index (χ2v) is 3.64. The maximum Gasteiger partial charge on any atom is 0.145 e. The van der Waals surface area contributed by atoms with Gasteiger partial charge in [0.15, 0.2) is 0 Å². The van der Waals surface area contributed by atoms with Crippen molar-refractivity contribution in [3.05, 3.63) is 0 Å². The smallest absolute Gasteiger partial charge is 0.145 e. The van der Waals surface area contributed by atoms with Gasteiger partial charge in [-0.25, -0.2) is 0 Å². The number of aliphatic hydroxyl groups excluding tert-OH is 3. The van der Waals surface area contributed by atoms with E-state index in [1.54, 1.807) is 0 Å². The highest BCUT2D eigenvalue weighted by Crippen LogP contribution is 2.34. The zero-order chi connectivity index (χ0) is 8.93. The minimum atomic E-state index is -1.40. The predicted octanol–water partition coefficient (Wildman–Crippen LogP) is -2.48. The van der Waals surface area contributed by atoms with Crippen LogP contribution in [0.1, 0.15) is 12.8 Å². The van der Waals surface area contributed by atoms with E-state index in [4.69, 9.17) is 0 Å². The van der Waals surface area contributed by atoms with Crippen LogP contribution in [0.3, 0.4) is 0 Å². The minimum absolute atomic E-state index is 0.298. The van der Waals surface area contributed by atoms with Crippen LogP contribution in [0.2, 0.25) is 0 Å². The van der Waals surface area contributed by atoms with Crippen molar-refractivity contribution >= 4 is 0 Å². The third-order valence-corrected chi connectivity index (χ3v) is 2.85. The van der Waals surface area contributed by atoms with Crippen molar-refractivity contribution in [1.29, 1.82) is 0 Å². The molecule has 70 valence electrons. The van der Waals surface area contributed by atoms with Crippen molar-refractivity contribution in [2.24, 2.45) is 0 Å². The van der Waals surface area contributed by atoms with Gasteiger partial charge in [-0.2, -0.15) is 0 Å². The number of nitrogens with one attached hydrogen (secondary N) is 1. The fourth-order valence-corrected chi connectivity index (χ4v) is 2.04. The number of rotatable bonds is 0. The lowest BCUT2D eigenvalue weighted by atomic mass is 9.94. The Morgan fingerprint density at radius 3 is 2.50 bits per heavy atom. The first-order valence-electron chi connectivity index (χ1n) is 4.09. The van der Waals surface area contributed by atoms with Gasteiger partial charge in [0.1, 0.15) is 17.9 Å². The normalized spacial score (nSPS) is 59.0. The highest BCUT2D eigenvalue weighted by Gasteiger charge is 2.55. The Bertz CT molecular complexity index is 200. The second-order valence-electron chi connectivity index (χ2n) is 3.64. The van der Waals surface area contributed by atoms with Gasteiger partial charge in [-0.1, -0.05) is 0 Å². The Hall–Kier alpha value is -0.200. The van der Waals surface area contributed by atoms with Crippen molar-refractivity contribution in [3.8, 4) is 0 Å². The molecule has 2 saturated heterocycles. The van der Waals surface area contributed by atoms with E-state index in [1.165, 1.54) is 0 Å². The first-order chi connectivity index (χ1) is 5.54. The lowest BCUT2D eigenvalue weighted by Crippen LogP contribution is -2.67. The van der Waals surface area contributed by atoms with Crippen LogP contribution < -0.4 is 5.32 Å². The molecule has 2 aliphatic rings. The van der Waals surface area contributed by atoms with Crippen LogP contribution >= 0.6 is 0 Å². The zero-order valence-electron chi connectivity index (χ0n) is 6.51. The number of aliphatic hydroxyl groups is 4. The van der Waals surface area contributed by atoms with Gasteiger partial charge in [0.25, 0.3) is 0 Å². The van der Waals surface area contributed by atoms with Crippen LogP contribution in [0.5, 0.6) is 0 Å². The third-order valence-electron chi connectivity index (χ3n) is 2.85. The molecule has 5 nitrogen and oxygen atoms in total. The third kappa shape index (κ3) is 0.915. The van der Waals surface area contributed by atoms with Gasteiger partial charge in [-0.05, 0) is 12.8 Å². The lowest BCUT2D eigenvalue weighted by molar-refractivity contribution is -0.186. The van der Waals surface area contributed by atoms with Crippen molar-refractivity contribution in [3.63, 3.8) is 0 Å². The molecule has 5 atom stereocenters. The summed E-state index contributed by atoms with van der Waals surface area (Å²) in [6, 6.07) is -0.298. The van der Waals surface area contributed by atoms with Gasteiger partial charge in [0, 0.05) is 6.04 Å². The van der Waals surface area contributed by atoms with E-state index in [0.29, 0.717) is 12.8 Å². The van der Waals surface area contributed by atoms with E-state index < -0.39 is 24.0 Å². The Kier molecular flexibility index (Phi) is 1.68. The molecule has 2 heterocycles. The quantitative estimate of drug-likeness (QED) is 0.281. The van der Waals surface area contributed by atoms with Crippen LogP contribution in [-0.4, -0.2) is 50.5 Å². The molecular formula is C7H13NO4. The molecule has 0 radical (unpaired) electrons. The molecule has 12 heavy (non-hydrogen) atoms. The van der Waals surface area contributed by atoms with Gasteiger partial charge >= 0.3 is 0 Å². The summed E-state index contributed by atoms with van der Waals surface area (Å²) in [4.78, 5) is 0. The minimum Gasteiger partial charge on any atom is -0.389 e. The maximum absolute atomic E-state index is 9.65. The fraction of sp³-hybridized carbons (Fsp3) is 1.00. The van der Waals surface area contributed by atoms with Crippen LogP contribution in [-0.2, 0) is 0 Å². The summed E-state index contributed by atoms with van der Waals surface area (Å²) in [5.41, 5.74) is -1.40. The van der Waals surface area contributed by atoms with Crippen LogP contribution in [0.4, 0.5) is 0 Å². The average Bonchev–Trinajstić information content (AvgIpc) is 2.41. The molecule has 0 aromatic carbocycles. The first kappa shape index (κ1) is 8.40. The van der Waals surface area contributed by atoms with Gasteiger partial charge < -0.3 is 20.4 Å². The van der Waals surface area contributed by atoms with Crippen LogP contribution in [0.25, 0.3) is 0 Å². The van der Waals surface area contributed by atoms with Crippen molar-refractivity contribution in [1.82, 2.24) is 5.32 Å². The lowest BCUT2D eigenvalue weighted by Gasteiger charge is -2.40.